The van der Waals surface area contributed by atoms with E-state index in [0.29, 0.717) is 30.2 Å². The van der Waals surface area contributed by atoms with Crippen LogP contribution in [0.5, 0.6) is 0 Å². The molecule has 0 aliphatic carbocycles. The largest absolute Gasteiger partial charge is 0.366 e. The van der Waals surface area contributed by atoms with Crippen LogP contribution in [-0.4, -0.2) is 42.7 Å². The van der Waals surface area contributed by atoms with Gasteiger partial charge in [-0.05, 0) is 36.2 Å². The summed E-state index contributed by atoms with van der Waals surface area (Å²) in [5.74, 6) is 0.970. The molecule has 2 aromatic carbocycles. The van der Waals surface area contributed by atoms with Gasteiger partial charge in [-0.1, -0.05) is 30.3 Å². The van der Waals surface area contributed by atoms with Crippen LogP contribution in [-0.2, 0) is 6.42 Å². The van der Waals surface area contributed by atoms with Crippen LogP contribution in [0.4, 0.5) is 26.2 Å². The van der Waals surface area contributed by atoms with Crippen LogP contribution < -0.4 is 15.1 Å². The van der Waals surface area contributed by atoms with Gasteiger partial charge in [-0.25, -0.2) is 13.8 Å². The average Bonchev–Trinajstić information content (AvgIpc) is 2.76. The zero-order valence-corrected chi connectivity index (χ0v) is 16.1. The molecular weight excluding hydrogens is 372 g/mol. The van der Waals surface area contributed by atoms with Crippen LogP contribution >= 0.6 is 0 Å². The number of halogens is 2. The Morgan fingerprint density at radius 1 is 0.828 bits per heavy atom. The predicted molar refractivity (Wildman–Crippen MR) is 111 cm³/mol. The molecule has 0 spiro atoms. The van der Waals surface area contributed by atoms with Crippen molar-refractivity contribution >= 4 is 17.5 Å². The van der Waals surface area contributed by atoms with E-state index in [9.17, 15) is 8.78 Å². The van der Waals surface area contributed by atoms with Gasteiger partial charge in [0.15, 0.2) is 0 Å². The lowest BCUT2D eigenvalue weighted by atomic mass is 10.1. The number of nitrogens with one attached hydrogen (secondary N) is 1. The molecule has 0 saturated carbocycles. The highest BCUT2D eigenvalue weighted by molar-refractivity contribution is 5.51. The topological polar surface area (TPSA) is 44.3 Å². The third-order valence-corrected chi connectivity index (χ3v) is 5.07. The molecule has 1 aliphatic rings. The molecule has 1 aromatic heterocycles. The predicted octanol–water partition coefficient (Wildman–Crippen LogP) is 3.74. The molecule has 1 N–H and O–H groups in total. The number of rotatable bonds is 6. The van der Waals surface area contributed by atoms with Gasteiger partial charge in [-0.2, -0.15) is 4.98 Å². The summed E-state index contributed by atoms with van der Waals surface area (Å²) in [4.78, 5) is 13.1. The number of benzene rings is 2. The van der Waals surface area contributed by atoms with Crippen molar-refractivity contribution in [2.24, 2.45) is 0 Å². The molecule has 0 unspecified atom stereocenters. The molecule has 0 amide bonds. The van der Waals surface area contributed by atoms with Crippen molar-refractivity contribution in [1.82, 2.24) is 9.97 Å². The lowest BCUT2D eigenvalue weighted by molar-refractivity contribution is 0.596. The first-order valence-electron chi connectivity index (χ1n) is 9.75. The summed E-state index contributed by atoms with van der Waals surface area (Å²) in [6.07, 6.45) is 2.28. The van der Waals surface area contributed by atoms with Crippen molar-refractivity contribution in [3.63, 3.8) is 0 Å². The number of piperazine rings is 1. The molecule has 0 bridgehead atoms. The van der Waals surface area contributed by atoms with E-state index in [1.165, 1.54) is 12.1 Å². The van der Waals surface area contributed by atoms with Crippen molar-refractivity contribution in [3.8, 4) is 0 Å². The maximum Gasteiger partial charge on any atom is 0.224 e. The van der Waals surface area contributed by atoms with Crippen molar-refractivity contribution in [1.29, 1.82) is 0 Å². The van der Waals surface area contributed by atoms with Gasteiger partial charge in [0, 0.05) is 38.9 Å². The average molecular weight is 395 g/mol. The highest BCUT2D eigenvalue weighted by Gasteiger charge is 2.20. The summed E-state index contributed by atoms with van der Waals surface area (Å²) in [5.41, 5.74) is 1.31. The second-order valence-electron chi connectivity index (χ2n) is 6.93. The number of aromatic nitrogens is 2. The standard InChI is InChI=1S/C22H23F2N5/c23-18-6-2-1-5-17(18)9-11-25-22-26-12-10-21(27-22)29-15-13-28(14-16-29)20-8-4-3-7-19(20)24/h1-8,10,12H,9,11,13-16H2,(H,25,26,27). The lowest BCUT2D eigenvalue weighted by Gasteiger charge is -2.36. The Labute approximate surface area is 169 Å². The molecule has 4 rings (SSSR count). The Kier molecular flexibility index (Phi) is 5.84. The molecule has 1 saturated heterocycles. The number of para-hydroxylation sites is 1. The third-order valence-electron chi connectivity index (χ3n) is 5.07. The van der Waals surface area contributed by atoms with E-state index >= 15 is 0 Å². The second-order valence-corrected chi connectivity index (χ2v) is 6.93. The van der Waals surface area contributed by atoms with E-state index in [0.717, 1.165) is 32.0 Å². The SMILES string of the molecule is Fc1ccccc1CCNc1nccc(N2CCN(c3ccccc3F)CC2)n1. The number of anilines is 3. The summed E-state index contributed by atoms with van der Waals surface area (Å²) in [6, 6.07) is 15.5. The minimum atomic E-state index is -0.198. The molecule has 1 fully saturated rings. The van der Waals surface area contributed by atoms with Gasteiger partial charge in [0.25, 0.3) is 0 Å². The smallest absolute Gasteiger partial charge is 0.224 e. The van der Waals surface area contributed by atoms with Gasteiger partial charge in [0.05, 0.1) is 5.69 Å². The second kappa shape index (κ2) is 8.86. The fraction of sp³-hybridized carbons (Fsp3) is 0.273. The van der Waals surface area contributed by atoms with Crippen LogP contribution in [0.15, 0.2) is 60.8 Å². The van der Waals surface area contributed by atoms with E-state index in [1.807, 2.05) is 24.3 Å². The Morgan fingerprint density at radius 2 is 1.52 bits per heavy atom. The zero-order chi connectivity index (χ0) is 20.1. The summed E-state index contributed by atoms with van der Waals surface area (Å²) < 4.78 is 27.7. The van der Waals surface area contributed by atoms with Crippen LogP contribution in [0.3, 0.4) is 0 Å². The van der Waals surface area contributed by atoms with E-state index in [2.05, 4.69) is 25.1 Å². The molecule has 29 heavy (non-hydrogen) atoms. The highest BCUT2D eigenvalue weighted by atomic mass is 19.1. The summed E-state index contributed by atoms with van der Waals surface area (Å²) in [5, 5.41) is 3.17. The fourth-order valence-corrected chi connectivity index (χ4v) is 3.51. The Bertz CT molecular complexity index is 957. The monoisotopic (exact) mass is 395 g/mol. The van der Waals surface area contributed by atoms with Gasteiger partial charge < -0.3 is 15.1 Å². The Balaban J connectivity index is 1.33. The summed E-state index contributed by atoms with van der Waals surface area (Å²) in [6.45, 7) is 3.49. The molecule has 1 aliphatic heterocycles. The molecule has 0 radical (unpaired) electrons. The van der Waals surface area contributed by atoms with Crippen LogP contribution in [0.25, 0.3) is 0 Å². The van der Waals surface area contributed by atoms with Crippen LogP contribution in [0.1, 0.15) is 5.56 Å². The number of nitrogens with zero attached hydrogens (tertiary/aromatic N) is 4. The van der Waals surface area contributed by atoms with Crippen molar-refractivity contribution < 1.29 is 8.78 Å². The maximum atomic E-state index is 14.0. The molecule has 2 heterocycles. The lowest BCUT2D eigenvalue weighted by Crippen LogP contribution is -2.47. The van der Waals surface area contributed by atoms with Gasteiger partial charge >= 0.3 is 0 Å². The van der Waals surface area contributed by atoms with Crippen LogP contribution in [0.2, 0.25) is 0 Å². The first-order chi connectivity index (χ1) is 14.2. The number of hydrogen-bond acceptors (Lipinski definition) is 5. The first-order valence-corrected chi connectivity index (χ1v) is 9.75. The van der Waals surface area contributed by atoms with E-state index in [1.54, 1.807) is 24.4 Å². The summed E-state index contributed by atoms with van der Waals surface area (Å²) >= 11 is 0. The van der Waals surface area contributed by atoms with Crippen molar-refractivity contribution in [3.05, 3.63) is 78.0 Å². The maximum absolute atomic E-state index is 14.0. The Morgan fingerprint density at radius 3 is 2.28 bits per heavy atom. The zero-order valence-electron chi connectivity index (χ0n) is 16.1. The van der Waals surface area contributed by atoms with Gasteiger partial charge in [-0.15, -0.1) is 0 Å². The van der Waals surface area contributed by atoms with Crippen molar-refractivity contribution in [2.75, 3.05) is 47.8 Å². The fourth-order valence-electron chi connectivity index (χ4n) is 3.51. The summed E-state index contributed by atoms with van der Waals surface area (Å²) in [7, 11) is 0. The van der Waals surface area contributed by atoms with Crippen LogP contribution in [0, 0.1) is 11.6 Å². The Hall–Kier alpha value is -3.22. The third kappa shape index (κ3) is 4.62. The van der Waals surface area contributed by atoms with Gasteiger partial charge in [0.2, 0.25) is 5.95 Å². The van der Waals surface area contributed by atoms with E-state index < -0.39 is 0 Å². The number of hydrogen-bond donors (Lipinski definition) is 1. The van der Waals surface area contributed by atoms with Gasteiger partial charge in [-0.3, -0.25) is 0 Å². The molecule has 0 atom stereocenters. The highest BCUT2D eigenvalue weighted by Crippen LogP contribution is 2.22. The quantitative estimate of drug-likeness (QED) is 0.689. The molecular formula is C22H23F2N5. The molecule has 5 nitrogen and oxygen atoms in total. The minimum Gasteiger partial charge on any atom is -0.366 e. The first kappa shape index (κ1) is 19.1. The molecule has 7 heteroatoms. The minimum absolute atomic E-state index is 0.190. The van der Waals surface area contributed by atoms with E-state index in [4.69, 9.17) is 0 Å². The van der Waals surface area contributed by atoms with Crippen molar-refractivity contribution in [2.45, 2.75) is 6.42 Å². The molecule has 3 aromatic rings. The normalized spacial score (nSPS) is 14.1. The van der Waals surface area contributed by atoms with E-state index in [-0.39, 0.29) is 11.6 Å². The van der Waals surface area contributed by atoms with Gasteiger partial charge in [0.1, 0.15) is 17.5 Å². The molecule has 150 valence electrons.